The highest BCUT2D eigenvalue weighted by molar-refractivity contribution is 5.96. The van der Waals surface area contributed by atoms with Crippen molar-refractivity contribution in [1.29, 1.82) is 0 Å². The molecule has 0 aliphatic heterocycles. The number of nitrogens with one attached hydrogen (secondary N) is 2. The largest absolute Gasteiger partial charge is 0.349 e. The number of amides is 1. The Morgan fingerprint density at radius 1 is 1.32 bits per heavy atom. The van der Waals surface area contributed by atoms with E-state index in [4.69, 9.17) is 5.84 Å². The molecule has 1 fully saturated rings. The Labute approximate surface area is 114 Å². The van der Waals surface area contributed by atoms with Crippen molar-refractivity contribution in [2.24, 2.45) is 17.7 Å². The molecule has 1 saturated carbocycles. The second kappa shape index (κ2) is 5.61. The van der Waals surface area contributed by atoms with Gasteiger partial charge in [0.15, 0.2) is 0 Å². The van der Waals surface area contributed by atoms with Gasteiger partial charge in [-0.1, -0.05) is 13.8 Å². The van der Waals surface area contributed by atoms with Gasteiger partial charge in [0.25, 0.3) is 5.91 Å². The first kappa shape index (κ1) is 13.9. The lowest BCUT2D eigenvalue weighted by atomic mass is 9.97. The number of nitrogen functional groups attached to an aromatic ring is 1. The minimum absolute atomic E-state index is 0.0204. The fourth-order valence-electron chi connectivity index (χ4n) is 2.82. The van der Waals surface area contributed by atoms with Crippen LogP contribution >= 0.6 is 0 Å². The number of carbonyl (C=O) groups excluding carboxylic acids is 1. The molecule has 1 aliphatic rings. The third-order valence-electron chi connectivity index (χ3n) is 4.42. The van der Waals surface area contributed by atoms with E-state index in [9.17, 15) is 4.79 Å². The fraction of sp³-hybridized carbons (Fsp3) is 0.533. The molecule has 1 aromatic carbocycles. The molecule has 2 rings (SSSR count). The maximum absolute atomic E-state index is 12.3. The first-order valence-corrected chi connectivity index (χ1v) is 6.91. The van der Waals surface area contributed by atoms with Crippen molar-refractivity contribution in [3.63, 3.8) is 0 Å². The maximum atomic E-state index is 12.3. The van der Waals surface area contributed by atoms with Crippen LogP contribution in [-0.2, 0) is 0 Å². The van der Waals surface area contributed by atoms with Gasteiger partial charge >= 0.3 is 0 Å². The van der Waals surface area contributed by atoms with Crippen LogP contribution in [0.3, 0.4) is 0 Å². The summed E-state index contributed by atoms with van der Waals surface area (Å²) < 4.78 is 0. The van der Waals surface area contributed by atoms with E-state index < -0.39 is 0 Å². The van der Waals surface area contributed by atoms with E-state index in [0.717, 1.165) is 23.2 Å². The van der Waals surface area contributed by atoms with Gasteiger partial charge in [-0.05, 0) is 55.4 Å². The zero-order chi connectivity index (χ0) is 14.0. The predicted molar refractivity (Wildman–Crippen MR) is 77.8 cm³/mol. The molecule has 4 heteroatoms. The molecule has 0 bridgehead atoms. The van der Waals surface area contributed by atoms with Gasteiger partial charge in [-0.25, -0.2) is 0 Å². The molecule has 0 heterocycles. The smallest absolute Gasteiger partial charge is 0.251 e. The fourth-order valence-corrected chi connectivity index (χ4v) is 2.82. The summed E-state index contributed by atoms with van der Waals surface area (Å²) in [6, 6.07) is 5.83. The summed E-state index contributed by atoms with van der Waals surface area (Å²) in [4.78, 5) is 12.3. The highest BCUT2D eigenvalue weighted by Gasteiger charge is 2.31. The van der Waals surface area contributed by atoms with Gasteiger partial charge in [-0.15, -0.1) is 0 Å². The molecule has 19 heavy (non-hydrogen) atoms. The van der Waals surface area contributed by atoms with E-state index >= 15 is 0 Å². The second-order valence-electron chi connectivity index (χ2n) is 5.67. The first-order chi connectivity index (χ1) is 9.02. The van der Waals surface area contributed by atoms with Crippen LogP contribution in [0.2, 0.25) is 0 Å². The van der Waals surface area contributed by atoms with Crippen molar-refractivity contribution < 1.29 is 4.79 Å². The molecule has 0 spiro atoms. The molecule has 1 aromatic rings. The molecule has 0 saturated heterocycles. The molecule has 0 aromatic heterocycles. The quantitative estimate of drug-likeness (QED) is 0.578. The maximum Gasteiger partial charge on any atom is 0.251 e. The van der Waals surface area contributed by atoms with Gasteiger partial charge in [0, 0.05) is 17.3 Å². The zero-order valence-electron chi connectivity index (χ0n) is 11.9. The third-order valence-corrected chi connectivity index (χ3v) is 4.42. The Bertz CT molecular complexity index is 472. The van der Waals surface area contributed by atoms with Crippen molar-refractivity contribution in [3.8, 4) is 0 Å². The number of nitrogens with two attached hydrogens (primary N) is 1. The molecule has 4 N–H and O–H groups in total. The van der Waals surface area contributed by atoms with E-state index in [1.54, 1.807) is 0 Å². The number of aryl methyl sites for hydroxylation is 1. The standard InChI is InChI=1S/C15H23N3O/c1-9-4-7-14(11(9)3)17-15(19)13-6-5-12(18-16)8-10(13)2/h5-6,8-9,11,14,18H,4,7,16H2,1-3H3,(H,17,19). The van der Waals surface area contributed by atoms with Gasteiger partial charge < -0.3 is 10.7 Å². The Balaban J connectivity index is 2.08. The second-order valence-corrected chi connectivity index (χ2v) is 5.67. The lowest BCUT2D eigenvalue weighted by Gasteiger charge is -2.20. The van der Waals surface area contributed by atoms with Crippen LogP contribution in [0.4, 0.5) is 5.69 Å². The molecular weight excluding hydrogens is 238 g/mol. The van der Waals surface area contributed by atoms with Gasteiger partial charge in [0.1, 0.15) is 0 Å². The summed E-state index contributed by atoms with van der Waals surface area (Å²) in [6.45, 7) is 6.40. The monoisotopic (exact) mass is 261 g/mol. The molecule has 4 nitrogen and oxygen atoms in total. The minimum Gasteiger partial charge on any atom is -0.349 e. The summed E-state index contributed by atoms with van der Waals surface area (Å²) in [6.07, 6.45) is 2.27. The number of benzene rings is 1. The van der Waals surface area contributed by atoms with Crippen LogP contribution in [0.15, 0.2) is 18.2 Å². The molecule has 0 radical (unpaired) electrons. The number of hydrazine groups is 1. The number of carbonyl (C=O) groups is 1. The molecule has 1 aliphatic carbocycles. The molecule has 3 atom stereocenters. The number of rotatable bonds is 3. The first-order valence-electron chi connectivity index (χ1n) is 6.91. The van der Waals surface area contributed by atoms with E-state index in [-0.39, 0.29) is 5.91 Å². The molecular formula is C15H23N3O. The highest BCUT2D eigenvalue weighted by atomic mass is 16.1. The summed E-state index contributed by atoms with van der Waals surface area (Å²) in [5.74, 6) is 6.62. The van der Waals surface area contributed by atoms with Crippen molar-refractivity contribution in [2.75, 3.05) is 5.43 Å². The average Bonchev–Trinajstić information content (AvgIpc) is 2.70. The normalized spacial score (nSPS) is 26.2. The molecule has 104 valence electrons. The van der Waals surface area contributed by atoms with E-state index in [1.165, 1.54) is 6.42 Å². The lowest BCUT2D eigenvalue weighted by molar-refractivity contribution is 0.0927. The van der Waals surface area contributed by atoms with Crippen LogP contribution in [0.5, 0.6) is 0 Å². The summed E-state index contributed by atoms with van der Waals surface area (Å²) in [5.41, 5.74) is 5.07. The van der Waals surface area contributed by atoms with Gasteiger partial charge in [-0.3, -0.25) is 10.6 Å². The van der Waals surface area contributed by atoms with Crippen LogP contribution in [0, 0.1) is 18.8 Å². The summed E-state index contributed by atoms with van der Waals surface area (Å²) in [7, 11) is 0. The molecule has 1 amide bonds. The molecule has 3 unspecified atom stereocenters. The lowest BCUT2D eigenvalue weighted by Crippen LogP contribution is -2.37. The summed E-state index contributed by atoms with van der Waals surface area (Å²) in [5, 5.41) is 3.16. The van der Waals surface area contributed by atoms with Gasteiger partial charge in [0.05, 0.1) is 0 Å². The number of hydrogen-bond donors (Lipinski definition) is 3. The van der Waals surface area contributed by atoms with E-state index in [0.29, 0.717) is 17.9 Å². The van der Waals surface area contributed by atoms with Crippen molar-refractivity contribution in [3.05, 3.63) is 29.3 Å². The number of hydrogen-bond acceptors (Lipinski definition) is 3. The van der Waals surface area contributed by atoms with Crippen LogP contribution in [-0.4, -0.2) is 11.9 Å². The van der Waals surface area contributed by atoms with Crippen molar-refractivity contribution >= 4 is 11.6 Å². The van der Waals surface area contributed by atoms with E-state index in [2.05, 4.69) is 24.6 Å². The third kappa shape index (κ3) is 2.89. The van der Waals surface area contributed by atoms with Crippen LogP contribution < -0.4 is 16.6 Å². The Hall–Kier alpha value is -1.55. The Morgan fingerprint density at radius 2 is 2.05 bits per heavy atom. The predicted octanol–water partition coefficient (Wildman–Crippen LogP) is 2.45. The highest BCUT2D eigenvalue weighted by Crippen LogP contribution is 2.31. The van der Waals surface area contributed by atoms with Crippen LogP contribution in [0.1, 0.15) is 42.6 Å². The number of anilines is 1. The van der Waals surface area contributed by atoms with E-state index in [1.807, 2.05) is 25.1 Å². The topological polar surface area (TPSA) is 67.1 Å². The Kier molecular flexibility index (Phi) is 4.10. The zero-order valence-corrected chi connectivity index (χ0v) is 11.9. The minimum atomic E-state index is 0.0204. The summed E-state index contributed by atoms with van der Waals surface area (Å²) >= 11 is 0. The Morgan fingerprint density at radius 3 is 2.58 bits per heavy atom. The SMILES string of the molecule is Cc1cc(NN)ccc1C(=O)NC1CCC(C)C1C. The van der Waals surface area contributed by atoms with Crippen molar-refractivity contribution in [2.45, 2.75) is 39.7 Å². The van der Waals surface area contributed by atoms with Crippen molar-refractivity contribution in [1.82, 2.24) is 5.32 Å². The average molecular weight is 261 g/mol. The van der Waals surface area contributed by atoms with Gasteiger partial charge in [-0.2, -0.15) is 0 Å². The van der Waals surface area contributed by atoms with Crippen LogP contribution in [0.25, 0.3) is 0 Å². The van der Waals surface area contributed by atoms with Gasteiger partial charge in [0.2, 0.25) is 0 Å².